The SMILES string of the molecule is CC(C)(C)CCNC(=O)c1ccc(S(N)(=O)=O)cc1. The first-order chi connectivity index (χ1) is 8.59. The van der Waals surface area contributed by atoms with E-state index < -0.39 is 10.0 Å². The second kappa shape index (κ2) is 5.71. The molecule has 0 aromatic heterocycles. The summed E-state index contributed by atoms with van der Waals surface area (Å²) < 4.78 is 22.1. The molecule has 6 heteroatoms. The molecule has 5 nitrogen and oxygen atoms in total. The van der Waals surface area contributed by atoms with Gasteiger partial charge in [-0.15, -0.1) is 0 Å². The van der Waals surface area contributed by atoms with Crippen LogP contribution in [0, 0.1) is 5.41 Å². The molecule has 0 heterocycles. The average molecular weight is 284 g/mol. The summed E-state index contributed by atoms with van der Waals surface area (Å²) in [5.74, 6) is -0.217. The molecule has 1 rings (SSSR count). The Bertz CT molecular complexity index is 542. The van der Waals surface area contributed by atoms with Gasteiger partial charge in [0.2, 0.25) is 10.0 Å². The molecular formula is C13H20N2O3S. The molecule has 0 spiro atoms. The summed E-state index contributed by atoms with van der Waals surface area (Å²) in [7, 11) is -3.71. The first kappa shape index (κ1) is 15.7. The van der Waals surface area contributed by atoms with E-state index in [-0.39, 0.29) is 16.2 Å². The fraction of sp³-hybridized carbons (Fsp3) is 0.462. The fourth-order valence-corrected chi connectivity index (χ4v) is 1.96. The van der Waals surface area contributed by atoms with Crippen LogP contribution in [0.1, 0.15) is 37.6 Å². The van der Waals surface area contributed by atoms with Gasteiger partial charge in [-0.2, -0.15) is 0 Å². The van der Waals surface area contributed by atoms with Crippen LogP contribution in [0.3, 0.4) is 0 Å². The maximum atomic E-state index is 11.8. The first-order valence-corrected chi connectivity index (χ1v) is 7.55. The van der Waals surface area contributed by atoms with E-state index in [1.807, 2.05) is 0 Å². The molecule has 1 amide bonds. The smallest absolute Gasteiger partial charge is 0.251 e. The summed E-state index contributed by atoms with van der Waals surface area (Å²) >= 11 is 0. The van der Waals surface area contributed by atoms with E-state index in [1.54, 1.807) is 0 Å². The average Bonchev–Trinajstić information content (AvgIpc) is 2.26. The van der Waals surface area contributed by atoms with Gasteiger partial charge in [-0.05, 0) is 36.1 Å². The van der Waals surface area contributed by atoms with Crippen molar-refractivity contribution in [2.45, 2.75) is 32.1 Å². The lowest BCUT2D eigenvalue weighted by atomic mass is 9.92. The van der Waals surface area contributed by atoms with E-state index in [2.05, 4.69) is 26.1 Å². The van der Waals surface area contributed by atoms with Gasteiger partial charge in [0, 0.05) is 12.1 Å². The Morgan fingerprint density at radius 3 is 2.16 bits per heavy atom. The number of primary sulfonamides is 1. The van der Waals surface area contributed by atoms with E-state index in [1.165, 1.54) is 24.3 Å². The molecule has 0 bridgehead atoms. The van der Waals surface area contributed by atoms with Crippen molar-refractivity contribution in [1.29, 1.82) is 0 Å². The Hall–Kier alpha value is -1.40. The highest BCUT2D eigenvalue weighted by Crippen LogP contribution is 2.17. The van der Waals surface area contributed by atoms with Crippen LogP contribution in [0.2, 0.25) is 0 Å². The van der Waals surface area contributed by atoms with Crippen molar-refractivity contribution in [1.82, 2.24) is 5.32 Å². The second-order valence-electron chi connectivity index (χ2n) is 5.64. The summed E-state index contributed by atoms with van der Waals surface area (Å²) in [5.41, 5.74) is 0.575. The number of hydrogen-bond donors (Lipinski definition) is 2. The quantitative estimate of drug-likeness (QED) is 0.878. The van der Waals surface area contributed by atoms with Crippen LogP contribution in [-0.4, -0.2) is 20.9 Å². The van der Waals surface area contributed by atoms with Crippen molar-refractivity contribution < 1.29 is 13.2 Å². The molecule has 3 N–H and O–H groups in total. The molecule has 0 unspecified atom stereocenters. The molecule has 19 heavy (non-hydrogen) atoms. The number of nitrogens with one attached hydrogen (secondary N) is 1. The molecule has 0 aliphatic carbocycles. The highest BCUT2D eigenvalue weighted by atomic mass is 32.2. The number of benzene rings is 1. The third kappa shape index (κ3) is 5.40. The first-order valence-electron chi connectivity index (χ1n) is 6.01. The summed E-state index contributed by atoms with van der Waals surface area (Å²) in [5, 5.41) is 7.78. The number of sulfonamides is 1. The van der Waals surface area contributed by atoms with Crippen molar-refractivity contribution in [3.63, 3.8) is 0 Å². The maximum absolute atomic E-state index is 11.8. The van der Waals surface area contributed by atoms with Crippen molar-refractivity contribution >= 4 is 15.9 Å². The molecular weight excluding hydrogens is 264 g/mol. The van der Waals surface area contributed by atoms with E-state index in [9.17, 15) is 13.2 Å². The van der Waals surface area contributed by atoms with Crippen LogP contribution < -0.4 is 10.5 Å². The predicted octanol–water partition coefficient (Wildman–Crippen LogP) is 1.50. The number of hydrogen-bond acceptors (Lipinski definition) is 3. The fourth-order valence-electron chi connectivity index (χ4n) is 1.45. The van der Waals surface area contributed by atoms with Gasteiger partial charge >= 0.3 is 0 Å². The third-order valence-corrected chi connectivity index (χ3v) is 3.53. The van der Waals surface area contributed by atoms with Crippen molar-refractivity contribution in [2.24, 2.45) is 10.6 Å². The van der Waals surface area contributed by atoms with E-state index in [4.69, 9.17) is 5.14 Å². The number of carbonyl (C=O) groups is 1. The lowest BCUT2D eigenvalue weighted by Gasteiger charge is -2.18. The summed E-state index contributed by atoms with van der Waals surface area (Å²) in [6.07, 6.45) is 0.869. The Kier molecular flexibility index (Phi) is 4.70. The number of nitrogens with two attached hydrogens (primary N) is 1. The zero-order chi connectivity index (χ0) is 14.7. The zero-order valence-electron chi connectivity index (χ0n) is 11.4. The maximum Gasteiger partial charge on any atom is 0.251 e. The third-order valence-electron chi connectivity index (χ3n) is 2.61. The molecule has 0 radical (unpaired) electrons. The zero-order valence-corrected chi connectivity index (χ0v) is 12.3. The molecule has 0 fully saturated rings. The van der Waals surface area contributed by atoms with Gasteiger partial charge in [-0.3, -0.25) is 4.79 Å². The van der Waals surface area contributed by atoms with Crippen LogP contribution in [0.15, 0.2) is 29.2 Å². The molecule has 106 valence electrons. The van der Waals surface area contributed by atoms with Crippen LogP contribution in [0.25, 0.3) is 0 Å². The molecule has 1 aromatic rings. The number of amides is 1. The monoisotopic (exact) mass is 284 g/mol. The second-order valence-corrected chi connectivity index (χ2v) is 7.20. The highest BCUT2D eigenvalue weighted by Gasteiger charge is 2.12. The molecule has 1 aromatic carbocycles. The minimum atomic E-state index is -3.71. The van der Waals surface area contributed by atoms with Gasteiger partial charge < -0.3 is 5.32 Å². The Labute approximate surface area is 114 Å². The molecule has 0 aliphatic heterocycles. The van der Waals surface area contributed by atoms with Crippen LogP contribution in [0.4, 0.5) is 0 Å². The number of carbonyl (C=O) groups excluding carboxylic acids is 1. The Morgan fingerprint density at radius 2 is 1.74 bits per heavy atom. The molecule has 0 atom stereocenters. The largest absolute Gasteiger partial charge is 0.352 e. The van der Waals surface area contributed by atoms with Crippen LogP contribution in [-0.2, 0) is 10.0 Å². The van der Waals surface area contributed by atoms with Gasteiger partial charge in [0.15, 0.2) is 0 Å². The normalized spacial score (nSPS) is 12.2. The van der Waals surface area contributed by atoms with E-state index >= 15 is 0 Å². The van der Waals surface area contributed by atoms with Gasteiger partial charge in [-0.1, -0.05) is 20.8 Å². The molecule has 0 aliphatic rings. The van der Waals surface area contributed by atoms with Crippen molar-refractivity contribution in [2.75, 3.05) is 6.54 Å². The molecule has 0 saturated carbocycles. The summed E-state index contributed by atoms with van der Waals surface area (Å²) in [4.78, 5) is 11.8. The Morgan fingerprint density at radius 1 is 1.21 bits per heavy atom. The minimum absolute atomic E-state index is 0.00117. The summed E-state index contributed by atoms with van der Waals surface area (Å²) in [6, 6.07) is 5.56. The lowest BCUT2D eigenvalue weighted by Crippen LogP contribution is -2.27. The van der Waals surface area contributed by atoms with Crippen LogP contribution in [0.5, 0.6) is 0 Å². The van der Waals surface area contributed by atoms with Gasteiger partial charge in [0.05, 0.1) is 4.90 Å². The van der Waals surface area contributed by atoms with Crippen LogP contribution >= 0.6 is 0 Å². The molecule has 0 saturated heterocycles. The van der Waals surface area contributed by atoms with Crippen molar-refractivity contribution in [3.05, 3.63) is 29.8 Å². The number of rotatable bonds is 4. The van der Waals surface area contributed by atoms with E-state index in [0.717, 1.165) is 6.42 Å². The van der Waals surface area contributed by atoms with Crippen molar-refractivity contribution in [3.8, 4) is 0 Å². The standard InChI is InChI=1S/C13H20N2O3S/c1-13(2,3)8-9-15-12(16)10-4-6-11(7-5-10)19(14,17)18/h4-7H,8-9H2,1-3H3,(H,15,16)(H2,14,17,18). The van der Waals surface area contributed by atoms with Gasteiger partial charge in [0.25, 0.3) is 5.91 Å². The Balaban J connectivity index is 2.64. The topological polar surface area (TPSA) is 89.3 Å². The minimum Gasteiger partial charge on any atom is -0.352 e. The predicted molar refractivity (Wildman–Crippen MR) is 74.2 cm³/mol. The van der Waals surface area contributed by atoms with E-state index in [0.29, 0.717) is 12.1 Å². The van der Waals surface area contributed by atoms with Gasteiger partial charge in [0.1, 0.15) is 0 Å². The summed E-state index contributed by atoms with van der Waals surface area (Å²) in [6.45, 7) is 6.87. The lowest BCUT2D eigenvalue weighted by molar-refractivity contribution is 0.0949. The highest BCUT2D eigenvalue weighted by molar-refractivity contribution is 7.89. The van der Waals surface area contributed by atoms with Gasteiger partial charge in [-0.25, -0.2) is 13.6 Å².